The second kappa shape index (κ2) is 6.04. The van der Waals surface area contributed by atoms with Gasteiger partial charge in [0.05, 0.1) is 24.7 Å². The summed E-state index contributed by atoms with van der Waals surface area (Å²) in [6.45, 7) is 6.30. The van der Waals surface area contributed by atoms with E-state index in [1.165, 1.54) is 0 Å². The summed E-state index contributed by atoms with van der Waals surface area (Å²) < 4.78 is 7.11. The zero-order valence-electron chi connectivity index (χ0n) is 8.74. The van der Waals surface area contributed by atoms with Gasteiger partial charge in [-0.05, 0) is 13.3 Å². The second-order valence-electron chi connectivity index (χ2n) is 3.11. The zero-order valence-corrected chi connectivity index (χ0v) is 9.50. The molecule has 0 aliphatic rings. The number of hydrogen-bond donors (Lipinski definition) is 0. The monoisotopic (exact) mass is 216 g/mol. The quantitative estimate of drug-likeness (QED) is 0.540. The molecular formula is C10H17ClN2O. The molecular weight excluding hydrogens is 200 g/mol. The molecule has 0 N–H and O–H groups in total. The van der Waals surface area contributed by atoms with Crippen molar-refractivity contribution in [3.8, 4) is 0 Å². The van der Waals surface area contributed by atoms with Crippen LogP contribution in [0.25, 0.3) is 0 Å². The fraction of sp³-hybridized carbons (Fsp3) is 0.700. The van der Waals surface area contributed by atoms with Crippen molar-refractivity contribution in [1.29, 1.82) is 0 Å². The maximum absolute atomic E-state index is 6.08. The third-order valence-electron chi connectivity index (χ3n) is 2.04. The van der Waals surface area contributed by atoms with Crippen LogP contribution >= 0.6 is 11.6 Å². The Morgan fingerprint density at radius 3 is 3.00 bits per heavy atom. The number of ether oxygens (including phenoxy) is 1. The van der Waals surface area contributed by atoms with Crippen molar-refractivity contribution < 1.29 is 4.74 Å². The molecule has 0 amide bonds. The predicted molar refractivity (Wildman–Crippen MR) is 57.6 cm³/mol. The van der Waals surface area contributed by atoms with Gasteiger partial charge < -0.3 is 4.74 Å². The van der Waals surface area contributed by atoms with Gasteiger partial charge in [-0.3, -0.25) is 4.68 Å². The van der Waals surface area contributed by atoms with Gasteiger partial charge in [-0.1, -0.05) is 6.92 Å². The lowest BCUT2D eigenvalue weighted by Crippen LogP contribution is -2.05. The fourth-order valence-corrected chi connectivity index (χ4v) is 1.31. The molecule has 1 unspecified atom stereocenters. The van der Waals surface area contributed by atoms with E-state index in [4.69, 9.17) is 16.3 Å². The first-order valence-electron chi connectivity index (χ1n) is 5.02. The van der Waals surface area contributed by atoms with Crippen LogP contribution in [0.3, 0.4) is 0 Å². The van der Waals surface area contributed by atoms with Crippen molar-refractivity contribution in [3.63, 3.8) is 0 Å². The Hall–Kier alpha value is -0.540. The van der Waals surface area contributed by atoms with Crippen molar-refractivity contribution in [2.24, 2.45) is 0 Å². The molecule has 80 valence electrons. The van der Waals surface area contributed by atoms with Crippen LogP contribution in [0.2, 0.25) is 0 Å². The molecule has 1 aromatic rings. The van der Waals surface area contributed by atoms with E-state index in [1.54, 1.807) is 0 Å². The summed E-state index contributed by atoms with van der Waals surface area (Å²) in [5.74, 6) is 0. The van der Waals surface area contributed by atoms with Gasteiger partial charge in [-0.25, -0.2) is 0 Å². The van der Waals surface area contributed by atoms with E-state index in [0.717, 1.165) is 25.1 Å². The molecule has 0 aromatic carbocycles. The van der Waals surface area contributed by atoms with Crippen molar-refractivity contribution >= 4 is 11.6 Å². The first kappa shape index (κ1) is 11.5. The highest BCUT2D eigenvalue weighted by Crippen LogP contribution is 2.22. The number of aromatic nitrogens is 2. The van der Waals surface area contributed by atoms with Crippen LogP contribution in [-0.4, -0.2) is 23.0 Å². The summed E-state index contributed by atoms with van der Waals surface area (Å²) in [6, 6.07) is 0. The summed E-state index contributed by atoms with van der Waals surface area (Å²) >= 11 is 6.08. The second-order valence-corrected chi connectivity index (χ2v) is 3.64. The molecule has 0 saturated heterocycles. The Morgan fingerprint density at radius 2 is 2.36 bits per heavy atom. The van der Waals surface area contributed by atoms with Crippen LogP contribution in [0.1, 0.15) is 31.2 Å². The standard InChI is InChI=1S/C10H17ClN2O/c1-3-10(11)9-7-12-13(8-9)5-6-14-4-2/h7-8,10H,3-6H2,1-2H3. The Bertz CT molecular complexity index is 262. The van der Waals surface area contributed by atoms with E-state index in [9.17, 15) is 0 Å². The summed E-state index contributed by atoms with van der Waals surface area (Å²) in [6.07, 6.45) is 4.74. The molecule has 0 spiro atoms. The third kappa shape index (κ3) is 3.31. The van der Waals surface area contributed by atoms with Gasteiger partial charge in [0.15, 0.2) is 0 Å². The largest absolute Gasteiger partial charge is 0.380 e. The molecule has 0 radical (unpaired) electrons. The van der Waals surface area contributed by atoms with Crippen molar-refractivity contribution in [3.05, 3.63) is 18.0 Å². The van der Waals surface area contributed by atoms with Gasteiger partial charge in [0.25, 0.3) is 0 Å². The van der Waals surface area contributed by atoms with Gasteiger partial charge in [0, 0.05) is 18.4 Å². The average molecular weight is 217 g/mol. The summed E-state index contributed by atoms with van der Waals surface area (Å²) in [7, 11) is 0. The molecule has 3 nitrogen and oxygen atoms in total. The molecule has 1 heterocycles. The molecule has 14 heavy (non-hydrogen) atoms. The minimum Gasteiger partial charge on any atom is -0.380 e. The van der Waals surface area contributed by atoms with E-state index in [2.05, 4.69) is 12.0 Å². The summed E-state index contributed by atoms with van der Waals surface area (Å²) in [4.78, 5) is 0. The van der Waals surface area contributed by atoms with Gasteiger partial charge >= 0.3 is 0 Å². The van der Waals surface area contributed by atoms with Crippen molar-refractivity contribution in [1.82, 2.24) is 9.78 Å². The van der Waals surface area contributed by atoms with Crippen LogP contribution < -0.4 is 0 Å². The number of rotatable bonds is 6. The fourth-order valence-electron chi connectivity index (χ4n) is 1.20. The molecule has 0 aliphatic carbocycles. The smallest absolute Gasteiger partial charge is 0.0662 e. The molecule has 1 aromatic heterocycles. The molecule has 0 bridgehead atoms. The van der Waals surface area contributed by atoms with Crippen LogP contribution in [0.5, 0.6) is 0 Å². The Balaban J connectivity index is 2.42. The van der Waals surface area contributed by atoms with Gasteiger partial charge in [0.1, 0.15) is 0 Å². The lowest BCUT2D eigenvalue weighted by molar-refractivity contribution is 0.136. The van der Waals surface area contributed by atoms with Crippen LogP contribution in [0.15, 0.2) is 12.4 Å². The Labute approximate surface area is 90.0 Å². The van der Waals surface area contributed by atoms with Crippen LogP contribution in [0.4, 0.5) is 0 Å². The maximum atomic E-state index is 6.08. The SMILES string of the molecule is CCOCCn1cc(C(Cl)CC)cn1. The average Bonchev–Trinajstić information content (AvgIpc) is 2.66. The summed E-state index contributed by atoms with van der Waals surface area (Å²) in [5.41, 5.74) is 1.09. The molecule has 0 saturated carbocycles. The van der Waals surface area contributed by atoms with E-state index >= 15 is 0 Å². The zero-order chi connectivity index (χ0) is 10.4. The van der Waals surface area contributed by atoms with Crippen molar-refractivity contribution in [2.45, 2.75) is 32.2 Å². The lowest BCUT2D eigenvalue weighted by Gasteiger charge is -2.02. The number of hydrogen-bond acceptors (Lipinski definition) is 2. The van der Waals surface area contributed by atoms with E-state index in [0.29, 0.717) is 6.61 Å². The van der Waals surface area contributed by atoms with Crippen LogP contribution in [0, 0.1) is 0 Å². The third-order valence-corrected chi connectivity index (χ3v) is 2.60. The highest BCUT2D eigenvalue weighted by molar-refractivity contribution is 6.20. The number of halogens is 1. The molecule has 4 heteroatoms. The molecule has 0 aliphatic heterocycles. The lowest BCUT2D eigenvalue weighted by atomic mass is 10.2. The first-order chi connectivity index (χ1) is 6.77. The highest BCUT2D eigenvalue weighted by Gasteiger charge is 2.07. The molecule has 0 fully saturated rings. The van der Waals surface area contributed by atoms with E-state index < -0.39 is 0 Å². The van der Waals surface area contributed by atoms with Crippen molar-refractivity contribution in [2.75, 3.05) is 13.2 Å². The Kier molecular flexibility index (Phi) is 4.98. The van der Waals surface area contributed by atoms with Gasteiger partial charge in [-0.2, -0.15) is 5.10 Å². The predicted octanol–water partition coefficient (Wildman–Crippen LogP) is 2.61. The molecule has 1 atom stereocenters. The highest BCUT2D eigenvalue weighted by atomic mass is 35.5. The van der Waals surface area contributed by atoms with E-state index in [-0.39, 0.29) is 5.38 Å². The normalized spacial score (nSPS) is 13.1. The van der Waals surface area contributed by atoms with E-state index in [1.807, 2.05) is 24.0 Å². The van der Waals surface area contributed by atoms with Gasteiger partial charge in [0.2, 0.25) is 0 Å². The Morgan fingerprint density at radius 1 is 1.57 bits per heavy atom. The minimum absolute atomic E-state index is 0.0795. The summed E-state index contributed by atoms with van der Waals surface area (Å²) in [5, 5.41) is 4.29. The first-order valence-corrected chi connectivity index (χ1v) is 5.45. The van der Waals surface area contributed by atoms with Crippen LogP contribution in [-0.2, 0) is 11.3 Å². The molecule has 1 rings (SSSR count). The number of nitrogens with zero attached hydrogens (tertiary/aromatic N) is 2. The van der Waals surface area contributed by atoms with Gasteiger partial charge in [-0.15, -0.1) is 11.6 Å². The number of alkyl halides is 1. The topological polar surface area (TPSA) is 27.1 Å². The maximum Gasteiger partial charge on any atom is 0.0662 e. The minimum atomic E-state index is 0.0795.